The fraction of sp³-hybridized carbons (Fsp3) is 0.308. The van der Waals surface area contributed by atoms with Crippen molar-refractivity contribution in [1.29, 1.82) is 0 Å². The number of halogens is 6. The highest BCUT2D eigenvalue weighted by Crippen LogP contribution is 2.28. The van der Waals surface area contributed by atoms with E-state index in [1.165, 1.54) is 36.4 Å². The summed E-state index contributed by atoms with van der Waals surface area (Å²) in [7, 11) is 0. The summed E-state index contributed by atoms with van der Waals surface area (Å²) in [5.41, 5.74) is 3.33. The van der Waals surface area contributed by atoms with Crippen LogP contribution in [0.3, 0.4) is 0 Å². The van der Waals surface area contributed by atoms with E-state index in [2.05, 4.69) is 30.4 Å². The van der Waals surface area contributed by atoms with Gasteiger partial charge in [0, 0.05) is 47.4 Å². The van der Waals surface area contributed by atoms with Gasteiger partial charge in [0.2, 0.25) is 11.8 Å². The molecule has 2 amide bonds. The van der Waals surface area contributed by atoms with Crippen LogP contribution in [0.2, 0.25) is 10.0 Å². The van der Waals surface area contributed by atoms with Gasteiger partial charge in [-0.3, -0.25) is 29.4 Å². The molecule has 2 aliphatic heterocycles. The molecular formula is C52H52Cl2F4N6O4. The van der Waals surface area contributed by atoms with Crippen LogP contribution in [0, 0.1) is 35.1 Å². The number of hydrogen-bond donors (Lipinski definition) is 2. The normalized spacial score (nSPS) is 15.6. The first kappa shape index (κ1) is 49.8. The number of hydrogen-bond acceptors (Lipinski definition) is 8. The third-order valence-corrected chi connectivity index (χ3v) is 12.5. The van der Waals surface area contributed by atoms with E-state index in [1.807, 2.05) is 60.7 Å². The number of para-hydroxylation sites is 2. The van der Waals surface area contributed by atoms with Crippen LogP contribution in [0.5, 0.6) is 11.5 Å². The minimum atomic E-state index is -0.710. The SMILES string of the molecule is O=C(NC(c1ccc(Cl)cc1)c1ccccn1)C1CCN(CCOc2c(F)cccc2F)CC1.O=C(NC(c1ccc(Cl)cc1)c1ccccn1)C1CCN(CCOc2c(F)cccc2F)CC1. The highest BCUT2D eigenvalue weighted by Gasteiger charge is 2.30. The van der Waals surface area contributed by atoms with Gasteiger partial charge in [0.05, 0.1) is 23.5 Å². The van der Waals surface area contributed by atoms with E-state index in [9.17, 15) is 27.2 Å². The first-order valence-corrected chi connectivity index (χ1v) is 23.3. The molecule has 0 bridgehead atoms. The molecule has 10 nitrogen and oxygen atoms in total. The number of benzene rings is 4. The summed E-state index contributed by atoms with van der Waals surface area (Å²) in [4.78, 5) is 39.4. The van der Waals surface area contributed by atoms with Gasteiger partial charge in [-0.15, -0.1) is 0 Å². The van der Waals surface area contributed by atoms with Gasteiger partial charge >= 0.3 is 0 Å². The van der Waals surface area contributed by atoms with E-state index in [4.69, 9.17) is 32.7 Å². The molecule has 2 unspecified atom stereocenters. The average molecular weight is 972 g/mol. The largest absolute Gasteiger partial charge is 0.486 e. The van der Waals surface area contributed by atoms with E-state index in [1.54, 1.807) is 36.7 Å². The average Bonchev–Trinajstić information content (AvgIpc) is 3.36. The second kappa shape index (κ2) is 24.8. The summed E-state index contributed by atoms with van der Waals surface area (Å²) < 4.78 is 65.4. The van der Waals surface area contributed by atoms with Crippen LogP contribution >= 0.6 is 23.2 Å². The van der Waals surface area contributed by atoms with Gasteiger partial charge in [-0.25, -0.2) is 17.6 Å². The van der Waals surface area contributed by atoms with E-state index < -0.39 is 23.3 Å². The molecule has 0 saturated carbocycles. The maximum absolute atomic E-state index is 13.7. The number of pyridine rings is 2. The Hall–Kier alpha value is -6.06. The van der Waals surface area contributed by atoms with Gasteiger partial charge in [-0.05, 0) is 136 Å². The molecule has 2 aliphatic rings. The van der Waals surface area contributed by atoms with Crippen molar-refractivity contribution in [2.75, 3.05) is 52.5 Å². The van der Waals surface area contributed by atoms with E-state index in [0.29, 0.717) is 75.0 Å². The Labute approximate surface area is 403 Å². The molecule has 6 aromatic rings. The number of carbonyl (C=O) groups is 2. The number of amides is 2. The number of rotatable bonds is 16. The molecule has 2 saturated heterocycles. The molecule has 0 radical (unpaired) electrons. The summed E-state index contributed by atoms with van der Waals surface area (Å²) in [5.74, 6) is -3.82. The smallest absolute Gasteiger partial charge is 0.224 e. The second-order valence-electron chi connectivity index (χ2n) is 16.5. The second-order valence-corrected chi connectivity index (χ2v) is 17.4. The van der Waals surface area contributed by atoms with Crippen molar-refractivity contribution in [2.24, 2.45) is 11.8 Å². The first-order valence-electron chi connectivity index (χ1n) is 22.5. The number of likely N-dealkylation sites (tertiary alicyclic amines) is 2. The van der Waals surface area contributed by atoms with Crippen LogP contribution in [-0.2, 0) is 9.59 Å². The molecular weight excluding hydrogens is 920 g/mol. The van der Waals surface area contributed by atoms with Gasteiger partial charge in [-0.1, -0.05) is 71.7 Å². The van der Waals surface area contributed by atoms with Gasteiger partial charge in [0.25, 0.3) is 0 Å². The zero-order valence-electron chi connectivity index (χ0n) is 37.2. The molecule has 8 rings (SSSR count). The maximum Gasteiger partial charge on any atom is 0.224 e. The highest BCUT2D eigenvalue weighted by atomic mass is 35.5. The molecule has 4 aromatic carbocycles. The molecule has 0 spiro atoms. The summed E-state index contributed by atoms with van der Waals surface area (Å²) in [6, 6.07) is 32.6. The minimum absolute atomic E-state index is 0.0186. The van der Waals surface area contributed by atoms with Crippen molar-refractivity contribution in [1.82, 2.24) is 30.4 Å². The van der Waals surface area contributed by atoms with Crippen molar-refractivity contribution >= 4 is 35.0 Å². The molecule has 2 fully saturated rings. The number of carbonyl (C=O) groups excluding carboxylic acids is 2. The van der Waals surface area contributed by atoms with Crippen molar-refractivity contribution in [3.63, 3.8) is 0 Å². The van der Waals surface area contributed by atoms with Crippen molar-refractivity contribution < 1.29 is 36.6 Å². The predicted octanol–water partition coefficient (Wildman–Crippen LogP) is 10.0. The van der Waals surface area contributed by atoms with Crippen LogP contribution in [0.1, 0.15) is 60.3 Å². The first-order chi connectivity index (χ1) is 33.0. The Kier molecular flexibility index (Phi) is 18.2. The van der Waals surface area contributed by atoms with Crippen LogP contribution < -0.4 is 20.1 Å². The fourth-order valence-electron chi connectivity index (χ4n) is 8.21. The lowest BCUT2D eigenvalue weighted by molar-refractivity contribution is -0.127. The summed E-state index contributed by atoms with van der Waals surface area (Å²) in [6.45, 7) is 4.23. The van der Waals surface area contributed by atoms with Crippen LogP contribution in [0.25, 0.3) is 0 Å². The molecule has 2 aromatic heterocycles. The predicted molar refractivity (Wildman–Crippen MR) is 253 cm³/mol. The summed E-state index contributed by atoms with van der Waals surface area (Å²) >= 11 is 12.1. The zero-order chi connectivity index (χ0) is 47.8. The molecule has 16 heteroatoms. The Balaban J connectivity index is 0.000000201. The molecule has 2 N–H and O–H groups in total. The fourth-order valence-corrected chi connectivity index (χ4v) is 8.46. The molecule has 2 atom stereocenters. The van der Waals surface area contributed by atoms with Crippen LogP contribution in [0.4, 0.5) is 17.6 Å². The van der Waals surface area contributed by atoms with E-state index in [-0.39, 0.29) is 60.4 Å². The lowest BCUT2D eigenvalue weighted by Crippen LogP contribution is -2.43. The number of nitrogens with zero attached hydrogens (tertiary/aromatic N) is 4. The Morgan fingerprint density at radius 2 is 0.882 bits per heavy atom. The van der Waals surface area contributed by atoms with Gasteiger partial charge in [0.15, 0.2) is 34.8 Å². The highest BCUT2D eigenvalue weighted by molar-refractivity contribution is 6.30. The molecule has 356 valence electrons. The van der Waals surface area contributed by atoms with Crippen molar-refractivity contribution in [3.8, 4) is 11.5 Å². The Morgan fingerprint density at radius 1 is 0.529 bits per heavy atom. The third kappa shape index (κ3) is 14.0. The zero-order valence-corrected chi connectivity index (χ0v) is 38.7. The maximum atomic E-state index is 13.7. The van der Waals surface area contributed by atoms with Crippen molar-refractivity contribution in [3.05, 3.63) is 190 Å². The standard InChI is InChI=1S/2C26H26ClF2N3O2/c2*27-20-9-7-18(8-10-20)24(23-6-1-2-13-30-23)31-26(33)19-11-14-32(15-12-19)16-17-34-25-21(28)4-3-5-22(25)29/h2*1-10,13,19,24H,11-12,14-17H2,(H,31,33). The third-order valence-electron chi connectivity index (χ3n) is 12.0. The molecule has 0 aliphatic carbocycles. The monoisotopic (exact) mass is 970 g/mol. The van der Waals surface area contributed by atoms with Gasteiger partial charge in [0.1, 0.15) is 13.2 Å². The van der Waals surface area contributed by atoms with Gasteiger partial charge in [-0.2, -0.15) is 0 Å². The number of aromatic nitrogens is 2. The van der Waals surface area contributed by atoms with Crippen LogP contribution in [-0.4, -0.2) is 84.1 Å². The topological polar surface area (TPSA) is 109 Å². The number of piperidine rings is 2. The summed E-state index contributed by atoms with van der Waals surface area (Å²) in [6.07, 6.45) is 6.17. The quantitative estimate of drug-likeness (QED) is 0.0924. The van der Waals surface area contributed by atoms with Gasteiger partial charge < -0.3 is 20.1 Å². The minimum Gasteiger partial charge on any atom is -0.486 e. The van der Waals surface area contributed by atoms with E-state index >= 15 is 0 Å². The molecule has 4 heterocycles. The van der Waals surface area contributed by atoms with Crippen molar-refractivity contribution in [2.45, 2.75) is 37.8 Å². The Bertz CT molecular complexity index is 2320. The van der Waals surface area contributed by atoms with E-state index in [0.717, 1.165) is 22.5 Å². The number of ether oxygens (including phenoxy) is 2. The van der Waals surface area contributed by atoms with Crippen LogP contribution in [0.15, 0.2) is 134 Å². The number of nitrogens with one attached hydrogen (secondary N) is 2. The lowest BCUT2D eigenvalue weighted by Gasteiger charge is -2.32. The Morgan fingerprint density at radius 3 is 1.21 bits per heavy atom. The molecule has 68 heavy (non-hydrogen) atoms. The lowest BCUT2D eigenvalue weighted by atomic mass is 9.94. The summed E-state index contributed by atoms with van der Waals surface area (Å²) in [5, 5.41) is 7.58.